The number of benzene rings is 1. The van der Waals surface area contributed by atoms with Crippen LogP contribution in [0.5, 0.6) is 5.75 Å². The third-order valence-corrected chi connectivity index (χ3v) is 3.83. The standard InChI is InChI=1S/C15H21ClFNO2/c1-11-3-2-6-18(8-11)9-13(19)10-20-15-5-4-12(17)7-14(15)16/h4-5,7,11,13,19H,2-3,6,8-10H2,1H3/t11-,13+/m0/s1. The summed E-state index contributed by atoms with van der Waals surface area (Å²) in [4.78, 5) is 2.26. The Bertz CT molecular complexity index is 444. The first kappa shape index (κ1) is 15.5. The van der Waals surface area contributed by atoms with Gasteiger partial charge in [-0.1, -0.05) is 18.5 Å². The summed E-state index contributed by atoms with van der Waals surface area (Å²) >= 11 is 5.87. The van der Waals surface area contributed by atoms with Crippen molar-refractivity contribution < 1.29 is 14.2 Å². The van der Waals surface area contributed by atoms with Crippen LogP contribution in [0.4, 0.5) is 4.39 Å². The zero-order valence-corrected chi connectivity index (χ0v) is 12.4. The molecular weight excluding hydrogens is 281 g/mol. The largest absolute Gasteiger partial charge is 0.489 e. The average molecular weight is 302 g/mol. The normalized spacial score (nSPS) is 21.7. The van der Waals surface area contributed by atoms with Gasteiger partial charge in [0.25, 0.3) is 0 Å². The van der Waals surface area contributed by atoms with Crippen LogP contribution in [0.2, 0.25) is 5.02 Å². The van der Waals surface area contributed by atoms with Gasteiger partial charge in [0.1, 0.15) is 24.3 Å². The highest BCUT2D eigenvalue weighted by atomic mass is 35.5. The van der Waals surface area contributed by atoms with Crippen molar-refractivity contribution in [1.29, 1.82) is 0 Å². The van der Waals surface area contributed by atoms with Crippen molar-refractivity contribution in [1.82, 2.24) is 4.90 Å². The molecule has 0 amide bonds. The van der Waals surface area contributed by atoms with Crippen molar-refractivity contribution in [3.63, 3.8) is 0 Å². The van der Waals surface area contributed by atoms with E-state index in [1.165, 1.54) is 31.0 Å². The molecule has 1 saturated heterocycles. The summed E-state index contributed by atoms with van der Waals surface area (Å²) in [6.07, 6.45) is 1.87. The highest BCUT2D eigenvalue weighted by Crippen LogP contribution is 2.25. The number of nitrogens with zero attached hydrogens (tertiary/aromatic N) is 1. The maximum absolute atomic E-state index is 12.9. The van der Waals surface area contributed by atoms with Gasteiger partial charge in [-0.15, -0.1) is 0 Å². The Hall–Kier alpha value is -0.840. The monoisotopic (exact) mass is 301 g/mol. The molecule has 3 nitrogen and oxygen atoms in total. The van der Waals surface area contributed by atoms with E-state index in [9.17, 15) is 9.50 Å². The van der Waals surface area contributed by atoms with Crippen LogP contribution in [0.3, 0.4) is 0 Å². The fourth-order valence-corrected chi connectivity index (χ4v) is 2.80. The van der Waals surface area contributed by atoms with Crippen LogP contribution in [0.25, 0.3) is 0 Å². The molecule has 0 saturated carbocycles. The van der Waals surface area contributed by atoms with Crippen LogP contribution in [-0.4, -0.2) is 42.4 Å². The van der Waals surface area contributed by atoms with Crippen molar-refractivity contribution in [2.75, 3.05) is 26.2 Å². The molecule has 20 heavy (non-hydrogen) atoms. The quantitative estimate of drug-likeness (QED) is 0.907. The highest BCUT2D eigenvalue weighted by molar-refractivity contribution is 6.32. The van der Waals surface area contributed by atoms with Gasteiger partial charge in [0.2, 0.25) is 0 Å². The Balaban J connectivity index is 1.78. The Labute approximate surface area is 124 Å². The fourth-order valence-electron chi connectivity index (χ4n) is 2.58. The van der Waals surface area contributed by atoms with Gasteiger partial charge in [-0.05, 0) is 43.5 Å². The number of rotatable bonds is 5. The minimum absolute atomic E-state index is 0.163. The summed E-state index contributed by atoms with van der Waals surface area (Å²) < 4.78 is 18.3. The summed E-state index contributed by atoms with van der Waals surface area (Å²) in [7, 11) is 0. The highest BCUT2D eigenvalue weighted by Gasteiger charge is 2.19. The van der Waals surface area contributed by atoms with Gasteiger partial charge < -0.3 is 14.7 Å². The molecule has 1 N–H and O–H groups in total. The maximum Gasteiger partial charge on any atom is 0.138 e. The van der Waals surface area contributed by atoms with E-state index >= 15 is 0 Å². The number of ether oxygens (including phenoxy) is 1. The summed E-state index contributed by atoms with van der Waals surface area (Å²) in [5.41, 5.74) is 0. The average Bonchev–Trinajstić information content (AvgIpc) is 2.37. The molecule has 0 bridgehead atoms. The van der Waals surface area contributed by atoms with Crippen LogP contribution in [0.1, 0.15) is 19.8 Å². The molecule has 1 aliphatic rings. The molecule has 0 aromatic heterocycles. The number of likely N-dealkylation sites (tertiary alicyclic amines) is 1. The van der Waals surface area contributed by atoms with Crippen molar-refractivity contribution >= 4 is 11.6 Å². The van der Waals surface area contributed by atoms with E-state index < -0.39 is 11.9 Å². The molecular formula is C15H21ClFNO2. The summed E-state index contributed by atoms with van der Waals surface area (Å²) in [6, 6.07) is 3.98. The van der Waals surface area contributed by atoms with Gasteiger partial charge in [0.05, 0.1) is 5.02 Å². The van der Waals surface area contributed by atoms with Gasteiger partial charge in [-0.25, -0.2) is 4.39 Å². The van der Waals surface area contributed by atoms with Crippen molar-refractivity contribution in [3.8, 4) is 5.75 Å². The second-order valence-corrected chi connectivity index (χ2v) is 5.95. The van der Waals surface area contributed by atoms with E-state index in [1.54, 1.807) is 0 Å². The maximum atomic E-state index is 12.9. The number of hydrogen-bond donors (Lipinski definition) is 1. The number of halogens is 2. The third kappa shape index (κ3) is 4.62. The van der Waals surface area contributed by atoms with Gasteiger partial charge in [0.15, 0.2) is 0 Å². The molecule has 2 rings (SSSR count). The van der Waals surface area contributed by atoms with E-state index in [0.717, 1.165) is 13.1 Å². The topological polar surface area (TPSA) is 32.7 Å². The van der Waals surface area contributed by atoms with Crippen LogP contribution in [-0.2, 0) is 0 Å². The SMILES string of the molecule is C[C@H]1CCCN(C[C@@H](O)COc2ccc(F)cc2Cl)C1. The lowest BCUT2D eigenvalue weighted by molar-refractivity contribution is 0.0537. The summed E-state index contributed by atoms with van der Waals surface area (Å²) in [5.74, 6) is 0.688. The van der Waals surface area contributed by atoms with E-state index in [2.05, 4.69) is 11.8 Å². The molecule has 0 aliphatic carbocycles. The van der Waals surface area contributed by atoms with Gasteiger partial charge in [-0.2, -0.15) is 0 Å². The predicted molar refractivity (Wildman–Crippen MR) is 77.7 cm³/mol. The minimum Gasteiger partial charge on any atom is -0.489 e. The first-order valence-corrected chi connectivity index (χ1v) is 7.40. The molecule has 1 heterocycles. The number of aliphatic hydroxyl groups excluding tert-OH is 1. The van der Waals surface area contributed by atoms with Crippen LogP contribution in [0.15, 0.2) is 18.2 Å². The molecule has 0 spiro atoms. The molecule has 1 aliphatic heterocycles. The number of piperidine rings is 1. The number of β-amino-alcohol motifs (C(OH)–C–C–N with tert-alkyl or cyclic N) is 1. The van der Waals surface area contributed by atoms with Crippen molar-refractivity contribution in [2.45, 2.75) is 25.9 Å². The van der Waals surface area contributed by atoms with Gasteiger partial charge >= 0.3 is 0 Å². The smallest absolute Gasteiger partial charge is 0.138 e. The zero-order valence-electron chi connectivity index (χ0n) is 11.7. The van der Waals surface area contributed by atoms with Gasteiger partial charge in [-0.3, -0.25) is 0 Å². The van der Waals surface area contributed by atoms with Crippen LogP contribution < -0.4 is 4.74 Å². The molecule has 1 aromatic rings. The molecule has 0 radical (unpaired) electrons. The van der Waals surface area contributed by atoms with Crippen molar-refractivity contribution in [3.05, 3.63) is 29.0 Å². The Kier molecular flexibility index (Phi) is 5.64. The van der Waals surface area contributed by atoms with Crippen LogP contribution >= 0.6 is 11.6 Å². The second-order valence-electron chi connectivity index (χ2n) is 5.55. The number of hydrogen-bond acceptors (Lipinski definition) is 3. The fraction of sp³-hybridized carbons (Fsp3) is 0.600. The molecule has 2 atom stereocenters. The van der Waals surface area contributed by atoms with E-state index in [0.29, 0.717) is 18.2 Å². The second kappa shape index (κ2) is 7.25. The van der Waals surface area contributed by atoms with Gasteiger partial charge in [0, 0.05) is 13.1 Å². The zero-order chi connectivity index (χ0) is 14.5. The first-order valence-electron chi connectivity index (χ1n) is 7.03. The van der Waals surface area contributed by atoms with E-state index in [1.807, 2.05) is 0 Å². The molecule has 112 valence electrons. The molecule has 5 heteroatoms. The van der Waals surface area contributed by atoms with E-state index in [4.69, 9.17) is 16.3 Å². The summed E-state index contributed by atoms with van der Waals surface area (Å²) in [6.45, 7) is 5.04. The molecule has 0 unspecified atom stereocenters. The van der Waals surface area contributed by atoms with Crippen LogP contribution in [0, 0.1) is 11.7 Å². The minimum atomic E-state index is -0.568. The Morgan fingerprint density at radius 3 is 3.05 bits per heavy atom. The molecule has 1 aromatic carbocycles. The van der Waals surface area contributed by atoms with E-state index in [-0.39, 0.29) is 11.6 Å². The Morgan fingerprint density at radius 2 is 2.35 bits per heavy atom. The lowest BCUT2D eigenvalue weighted by atomic mass is 10.0. The van der Waals surface area contributed by atoms with Crippen molar-refractivity contribution in [2.24, 2.45) is 5.92 Å². The lowest BCUT2D eigenvalue weighted by Gasteiger charge is -2.32. The molecule has 1 fully saturated rings. The summed E-state index contributed by atoms with van der Waals surface area (Å²) in [5, 5.41) is 10.2. The lowest BCUT2D eigenvalue weighted by Crippen LogP contribution is -2.41. The third-order valence-electron chi connectivity index (χ3n) is 3.54. The first-order chi connectivity index (χ1) is 9.54. The number of aliphatic hydroxyl groups is 1. The Morgan fingerprint density at radius 1 is 1.55 bits per heavy atom. The predicted octanol–water partition coefficient (Wildman–Crippen LogP) is 2.95.